The van der Waals surface area contributed by atoms with E-state index in [0.29, 0.717) is 6.07 Å². The maximum Gasteiger partial charge on any atom is 0.416 e. The van der Waals surface area contributed by atoms with Crippen molar-refractivity contribution in [3.63, 3.8) is 0 Å². The largest absolute Gasteiger partial charge is 0.468 e. The van der Waals surface area contributed by atoms with Crippen LogP contribution >= 0.6 is 15.9 Å². The van der Waals surface area contributed by atoms with Crippen LogP contribution in [0.3, 0.4) is 0 Å². The average Bonchev–Trinajstić information content (AvgIpc) is 2.29. The second kappa shape index (κ2) is 6.00. The van der Waals surface area contributed by atoms with E-state index < -0.39 is 33.5 Å². The van der Waals surface area contributed by atoms with Crippen LogP contribution < -0.4 is 4.72 Å². The molecule has 0 saturated carbocycles. The van der Waals surface area contributed by atoms with Gasteiger partial charge < -0.3 is 4.74 Å². The van der Waals surface area contributed by atoms with Crippen molar-refractivity contribution in [3.8, 4) is 0 Å². The van der Waals surface area contributed by atoms with E-state index in [1.165, 1.54) is 0 Å². The number of ether oxygens (including phenoxy) is 1. The number of carbonyl (C=O) groups excluding carboxylic acids is 1. The summed E-state index contributed by atoms with van der Waals surface area (Å²) >= 11 is 2.92. The third kappa shape index (κ3) is 4.67. The molecule has 112 valence electrons. The molecular weight excluding hydrogens is 367 g/mol. The molecule has 1 N–H and O–H groups in total. The fourth-order valence-electron chi connectivity index (χ4n) is 1.20. The molecule has 0 aliphatic rings. The molecule has 0 spiro atoms. The molecule has 0 unspecified atom stereocenters. The lowest BCUT2D eigenvalue weighted by Crippen LogP contribution is -2.24. The molecule has 1 aromatic carbocycles. The summed E-state index contributed by atoms with van der Waals surface area (Å²) in [5.41, 5.74) is -1.33. The molecule has 0 atom stereocenters. The molecular formula is C10H9BrF3NO4S. The normalized spacial score (nSPS) is 12.1. The molecule has 0 radical (unpaired) electrons. The lowest BCUT2D eigenvalue weighted by Gasteiger charge is -2.12. The first-order valence-corrected chi connectivity index (χ1v) is 7.44. The predicted molar refractivity (Wildman–Crippen MR) is 68.6 cm³/mol. The molecule has 0 heterocycles. The highest BCUT2D eigenvalue weighted by atomic mass is 79.9. The predicted octanol–water partition coefficient (Wildman–Crippen LogP) is 2.38. The van der Waals surface area contributed by atoms with Crippen LogP contribution in [0.15, 0.2) is 22.7 Å². The summed E-state index contributed by atoms with van der Waals surface area (Å²) in [5.74, 6) is -2.02. The quantitative estimate of drug-likeness (QED) is 0.820. The highest BCUT2D eigenvalue weighted by molar-refractivity contribution is 9.10. The molecule has 0 fully saturated rings. The number of alkyl halides is 3. The van der Waals surface area contributed by atoms with Gasteiger partial charge in [0.05, 0.1) is 18.4 Å². The molecule has 0 aromatic heterocycles. The summed E-state index contributed by atoms with van der Waals surface area (Å²) in [4.78, 5) is 10.9. The van der Waals surface area contributed by atoms with Crippen molar-refractivity contribution in [2.24, 2.45) is 0 Å². The lowest BCUT2D eigenvalue weighted by atomic mass is 10.2. The first-order chi connectivity index (χ1) is 9.05. The van der Waals surface area contributed by atoms with E-state index in [-0.39, 0.29) is 10.2 Å². The van der Waals surface area contributed by atoms with Gasteiger partial charge in [0.1, 0.15) is 0 Å². The van der Waals surface area contributed by atoms with Crippen molar-refractivity contribution in [2.75, 3.05) is 17.6 Å². The summed E-state index contributed by atoms with van der Waals surface area (Å²) in [6, 6.07) is 2.47. The van der Waals surface area contributed by atoms with Gasteiger partial charge in [-0.25, -0.2) is 8.42 Å². The van der Waals surface area contributed by atoms with E-state index in [1.807, 2.05) is 4.72 Å². The van der Waals surface area contributed by atoms with Crippen molar-refractivity contribution in [1.29, 1.82) is 0 Å². The molecule has 10 heteroatoms. The standard InChI is InChI=1S/C10H9BrF3NO4S/c1-19-9(16)5-20(17,18)15-8-4-6(10(12,13)14)2-3-7(8)11/h2-4,15H,5H2,1H3. The van der Waals surface area contributed by atoms with Gasteiger partial charge >= 0.3 is 12.1 Å². The van der Waals surface area contributed by atoms with E-state index in [1.54, 1.807) is 0 Å². The van der Waals surface area contributed by atoms with E-state index in [2.05, 4.69) is 20.7 Å². The number of hydrogen-bond donors (Lipinski definition) is 1. The van der Waals surface area contributed by atoms with Gasteiger partial charge in [0, 0.05) is 4.47 Å². The summed E-state index contributed by atoms with van der Waals surface area (Å²) < 4.78 is 66.9. The zero-order chi connectivity index (χ0) is 15.6. The Labute approximate surface area is 121 Å². The molecule has 1 rings (SSSR count). The van der Waals surface area contributed by atoms with Crippen molar-refractivity contribution in [1.82, 2.24) is 0 Å². The Morgan fingerprint density at radius 3 is 2.50 bits per heavy atom. The Morgan fingerprint density at radius 2 is 2.00 bits per heavy atom. The highest BCUT2D eigenvalue weighted by Crippen LogP contribution is 2.34. The third-order valence-electron chi connectivity index (χ3n) is 2.09. The highest BCUT2D eigenvalue weighted by Gasteiger charge is 2.31. The van der Waals surface area contributed by atoms with Gasteiger partial charge in [-0.3, -0.25) is 9.52 Å². The van der Waals surface area contributed by atoms with Gasteiger partial charge in [0.15, 0.2) is 5.75 Å². The van der Waals surface area contributed by atoms with Crippen molar-refractivity contribution >= 4 is 37.6 Å². The van der Waals surface area contributed by atoms with Crippen LogP contribution in [0.2, 0.25) is 0 Å². The van der Waals surface area contributed by atoms with E-state index in [9.17, 15) is 26.4 Å². The van der Waals surface area contributed by atoms with Crippen LogP contribution in [0.1, 0.15) is 5.56 Å². The number of benzene rings is 1. The van der Waals surface area contributed by atoms with Crippen molar-refractivity contribution in [2.45, 2.75) is 6.18 Å². The number of rotatable bonds is 4. The van der Waals surface area contributed by atoms with Gasteiger partial charge in [0.2, 0.25) is 10.0 Å². The van der Waals surface area contributed by atoms with Gasteiger partial charge in [-0.2, -0.15) is 13.2 Å². The summed E-state index contributed by atoms with van der Waals surface area (Å²) in [6.07, 6.45) is -4.61. The maximum absolute atomic E-state index is 12.5. The van der Waals surface area contributed by atoms with Crippen molar-refractivity contribution < 1.29 is 31.1 Å². The lowest BCUT2D eigenvalue weighted by molar-refractivity contribution is -0.138. The summed E-state index contributed by atoms with van der Waals surface area (Å²) in [6.45, 7) is 0. The van der Waals surface area contributed by atoms with Crippen LogP contribution in [-0.4, -0.2) is 27.2 Å². The summed E-state index contributed by atoms with van der Waals surface area (Å²) in [5, 5.41) is 0. The van der Waals surface area contributed by atoms with E-state index >= 15 is 0 Å². The topological polar surface area (TPSA) is 72.5 Å². The Kier molecular flexibility index (Phi) is 5.03. The minimum atomic E-state index is -4.61. The second-order valence-electron chi connectivity index (χ2n) is 3.63. The fraction of sp³-hybridized carbons (Fsp3) is 0.300. The average molecular weight is 376 g/mol. The Hall–Kier alpha value is -1.29. The van der Waals surface area contributed by atoms with Gasteiger partial charge in [-0.15, -0.1) is 0 Å². The number of halogens is 4. The van der Waals surface area contributed by atoms with Crippen LogP contribution in [0.25, 0.3) is 0 Å². The SMILES string of the molecule is COC(=O)CS(=O)(=O)Nc1cc(C(F)(F)F)ccc1Br. The number of sulfonamides is 1. The van der Waals surface area contributed by atoms with Crippen LogP contribution in [-0.2, 0) is 25.7 Å². The van der Waals surface area contributed by atoms with Crippen molar-refractivity contribution in [3.05, 3.63) is 28.2 Å². The van der Waals surface area contributed by atoms with E-state index in [0.717, 1.165) is 19.2 Å². The number of esters is 1. The third-order valence-corrected chi connectivity index (χ3v) is 3.93. The smallest absolute Gasteiger partial charge is 0.416 e. The molecule has 0 saturated heterocycles. The molecule has 20 heavy (non-hydrogen) atoms. The van der Waals surface area contributed by atoms with Gasteiger partial charge in [0.25, 0.3) is 0 Å². The first-order valence-electron chi connectivity index (χ1n) is 4.99. The number of nitrogens with one attached hydrogen (secondary N) is 1. The van der Waals surface area contributed by atoms with Gasteiger partial charge in [-0.05, 0) is 34.1 Å². The van der Waals surface area contributed by atoms with E-state index in [4.69, 9.17) is 0 Å². The number of hydrogen-bond acceptors (Lipinski definition) is 4. The second-order valence-corrected chi connectivity index (χ2v) is 6.21. The van der Waals surface area contributed by atoms with Crippen LogP contribution in [0, 0.1) is 0 Å². The minimum absolute atomic E-state index is 0.110. The fourth-order valence-corrected chi connectivity index (χ4v) is 2.68. The molecule has 0 aliphatic heterocycles. The molecule has 0 bridgehead atoms. The number of anilines is 1. The monoisotopic (exact) mass is 375 g/mol. The zero-order valence-electron chi connectivity index (χ0n) is 9.99. The maximum atomic E-state index is 12.5. The number of methoxy groups -OCH3 is 1. The molecule has 0 amide bonds. The Balaban J connectivity index is 3.06. The first kappa shape index (κ1) is 16.8. The zero-order valence-corrected chi connectivity index (χ0v) is 12.4. The molecule has 1 aromatic rings. The number of carbonyl (C=O) groups is 1. The summed E-state index contributed by atoms with van der Waals surface area (Å²) in [7, 11) is -3.15. The Bertz CT molecular complexity index is 615. The minimum Gasteiger partial charge on any atom is -0.468 e. The molecule has 5 nitrogen and oxygen atoms in total. The Morgan fingerprint density at radius 1 is 1.40 bits per heavy atom. The van der Waals surface area contributed by atoms with Crippen LogP contribution in [0.4, 0.5) is 18.9 Å². The van der Waals surface area contributed by atoms with Crippen LogP contribution in [0.5, 0.6) is 0 Å². The molecule has 0 aliphatic carbocycles. The van der Waals surface area contributed by atoms with Gasteiger partial charge in [-0.1, -0.05) is 0 Å².